The van der Waals surface area contributed by atoms with Crippen molar-refractivity contribution in [3.8, 4) is 56.4 Å². The molecule has 0 N–H and O–H groups in total. The van der Waals surface area contributed by atoms with Gasteiger partial charge in [-0.2, -0.15) is 0 Å². The Balaban J connectivity index is 1.13. The summed E-state index contributed by atoms with van der Waals surface area (Å²) in [5.41, 5.74) is 9.25. The lowest BCUT2D eigenvalue weighted by Gasteiger charge is -2.15. The van der Waals surface area contributed by atoms with Crippen molar-refractivity contribution in [2.45, 2.75) is 0 Å². The lowest BCUT2D eigenvalue weighted by Crippen LogP contribution is -2.01. The molecule has 0 amide bonds. The van der Waals surface area contributed by atoms with Crippen LogP contribution in [0.25, 0.3) is 111 Å². The molecule has 0 saturated carbocycles. The van der Waals surface area contributed by atoms with Crippen molar-refractivity contribution < 1.29 is 4.42 Å². The second-order valence-corrected chi connectivity index (χ2v) is 14.0. The zero-order valence-electron chi connectivity index (χ0n) is 29.6. The second kappa shape index (κ2) is 12.6. The Morgan fingerprint density at radius 2 is 0.855 bits per heavy atom. The van der Waals surface area contributed by atoms with Crippen LogP contribution in [0.5, 0.6) is 0 Å². The van der Waals surface area contributed by atoms with E-state index in [0.29, 0.717) is 17.5 Å². The first-order valence-corrected chi connectivity index (χ1v) is 18.5. The molecule has 55 heavy (non-hydrogen) atoms. The average molecular weight is 702 g/mol. The summed E-state index contributed by atoms with van der Waals surface area (Å²) in [6, 6.07) is 65.8. The van der Waals surface area contributed by atoms with Crippen molar-refractivity contribution in [3.63, 3.8) is 0 Å². The van der Waals surface area contributed by atoms with Crippen molar-refractivity contribution in [2.75, 3.05) is 0 Å². The molecule has 0 aliphatic carbocycles. The first-order chi connectivity index (χ1) is 27.2. The first kappa shape index (κ1) is 31.1. The maximum Gasteiger partial charge on any atom is 0.164 e. The van der Waals surface area contributed by atoms with E-state index >= 15 is 0 Å². The summed E-state index contributed by atoms with van der Waals surface area (Å²) in [7, 11) is 0. The molecule has 0 spiro atoms. The molecule has 4 heteroatoms. The first-order valence-electron chi connectivity index (χ1n) is 18.5. The van der Waals surface area contributed by atoms with Gasteiger partial charge in [0.1, 0.15) is 11.2 Å². The summed E-state index contributed by atoms with van der Waals surface area (Å²) in [6.45, 7) is 0. The number of hydrogen-bond acceptors (Lipinski definition) is 4. The highest BCUT2D eigenvalue weighted by Gasteiger charge is 2.20. The van der Waals surface area contributed by atoms with Gasteiger partial charge in [-0.05, 0) is 79.5 Å². The monoisotopic (exact) mass is 701 g/mol. The highest BCUT2D eigenvalue weighted by molar-refractivity contribution is 6.21. The number of furan rings is 1. The van der Waals surface area contributed by atoms with Crippen molar-refractivity contribution in [2.24, 2.45) is 0 Å². The Morgan fingerprint density at radius 3 is 1.62 bits per heavy atom. The minimum absolute atomic E-state index is 0.634. The van der Waals surface area contributed by atoms with E-state index < -0.39 is 0 Å². The summed E-state index contributed by atoms with van der Waals surface area (Å²) < 4.78 is 6.61. The fourth-order valence-electron chi connectivity index (χ4n) is 8.03. The zero-order chi connectivity index (χ0) is 36.3. The molecule has 0 aliphatic heterocycles. The number of rotatable bonds is 5. The Hall–Kier alpha value is -7.43. The molecule has 2 aromatic heterocycles. The van der Waals surface area contributed by atoms with Gasteiger partial charge in [0.25, 0.3) is 0 Å². The van der Waals surface area contributed by atoms with E-state index in [2.05, 4.69) is 158 Å². The third kappa shape index (κ3) is 5.26. The Bertz CT molecular complexity index is 3260. The summed E-state index contributed by atoms with van der Waals surface area (Å²) >= 11 is 0. The Kier molecular flexibility index (Phi) is 7.14. The van der Waals surface area contributed by atoms with Crippen LogP contribution in [0.15, 0.2) is 192 Å². The van der Waals surface area contributed by atoms with Crippen LogP contribution in [0, 0.1) is 0 Å². The van der Waals surface area contributed by atoms with Gasteiger partial charge >= 0.3 is 0 Å². The van der Waals surface area contributed by atoms with Gasteiger partial charge in [-0.15, -0.1) is 0 Å². The summed E-state index contributed by atoms with van der Waals surface area (Å²) in [4.78, 5) is 15.3. The molecule has 0 saturated heterocycles. The van der Waals surface area contributed by atoms with E-state index in [1.54, 1.807) is 0 Å². The van der Waals surface area contributed by atoms with E-state index in [0.717, 1.165) is 82.3 Å². The van der Waals surface area contributed by atoms with Crippen LogP contribution >= 0.6 is 0 Å². The Morgan fingerprint density at radius 1 is 0.291 bits per heavy atom. The predicted octanol–water partition coefficient (Wildman–Crippen LogP) is 13.6. The zero-order valence-corrected chi connectivity index (χ0v) is 29.6. The number of aromatic nitrogens is 3. The number of benzene rings is 9. The van der Waals surface area contributed by atoms with Crippen molar-refractivity contribution in [1.29, 1.82) is 0 Å². The van der Waals surface area contributed by atoms with Crippen LogP contribution in [0.1, 0.15) is 0 Å². The lowest BCUT2D eigenvalue weighted by atomic mass is 9.90. The summed E-state index contributed by atoms with van der Waals surface area (Å²) in [5.74, 6) is 1.91. The second-order valence-electron chi connectivity index (χ2n) is 14.0. The molecule has 0 radical (unpaired) electrons. The quantitative estimate of drug-likeness (QED) is 0.179. The molecule has 9 aromatic carbocycles. The van der Waals surface area contributed by atoms with Crippen LogP contribution in [0.2, 0.25) is 0 Å². The molecule has 0 aliphatic rings. The van der Waals surface area contributed by atoms with E-state index in [4.69, 9.17) is 19.4 Å². The largest absolute Gasteiger partial charge is 0.455 e. The van der Waals surface area contributed by atoms with E-state index in [9.17, 15) is 0 Å². The maximum atomic E-state index is 6.61. The van der Waals surface area contributed by atoms with Crippen LogP contribution in [-0.4, -0.2) is 15.0 Å². The van der Waals surface area contributed by atoms with Gasteiger partial charge in [0.15, 0.2) is 17.5 Å². The molecule has 11 rings (SSSR count). The SMILES string of the molecule is c1ccc(-c2ccc3oc4c5ccccc5c(-c5ccc(-c6nc(-c7ccccc7)nc(-c7ccc8ccccc8c7)n6)c6ccccc56)cc4c3c2)cc1. The number of fused-ring (bicyclic) bond motifs is 7. The van der Waals surface area contributed by atoms with Crippen LogP contribution < -0.4 is 0 Å². The minimum atomic E-state index is 0.634. The highest BCUT2D eigenvalue weighted by atomic mass is 16.3. The minimum Gasteiger partial charge on any atom is -0.455 e. The standard InChI is InChI=1S/C51H31N3O/c1-3-13-32(14-4-1)36-25-28-47-45(30-36)46-31-44(40-21-11-12-22-42(40)48(46)55-47)41-26-27-43(39-20-10-9-19-38(39)41)51-53-49(34-16-5-2-6-17-34)52-50(54-51)37-24-23-33-15-7-8-18-35(33)29-37/h1-31H. The molecule has 0 unspecified atom stereocenters. The molecule has 4 nitrogen and oxygen atoms in total. The molecular formula is C51H31N3O. The van der Waals surface area contributed by atoms with Crippen molar-refractivity contribution in [1.82, 2.24) is 15.0 Å². The Labute approximate surface area is 317 Å². The molecule has 0 bridgehead atoms. The number of hydrogen-bond donors (Lipinski definition) is 0. The average Bonchev–Trinajstić information content (AvgIpc) is 3.64. The van der Waals surface area contributed by atoms with Gasteiger partial charge in [0.2, 0.25) is 0 Å². The lowest BCUT2D eigenvalue weighted by molar-refractivity contribution is 0.673. The predicted molar refractivity (Wildman–Crippen MR) is 227 cm³/mol. The van der Waals surface area contributed by atoms with Gasteiger partial charge in [0.05, 0.1) is 0 Å². The molecule has 0 atom stereocenters. The topological polar surface area (TPSA) is 51.8 Å². The number of nitrogens with zero attached hydrogens (tertiary/aromatic N) is 3. The van der Waals surface area contributed by atoms with Gasteiger partial charge in [-0.1, -0.05) is 158 Å². The molecule has 2 heterocycles. The highest BCUT2D eigenvalue weighted by Crippen LogP contribution is 2.44. The molecule has 256 valence electrons. The molecular weight excluding hydrogens is 671 g/mol. The molecule has 0 fully saturated rings. The van der Waals surface area contributed by atoms with Crippen LogP contribution in [-0.2, 0) is 0 Å². The summed E-state index contributed by atoms with van der Waals surface area (Å²) in [6.07, 6.45) is 0. The van der Waals surface area contributed by atoms with Gasteiger partial charge in [0, 0.05) is 32.8 Å². The van der Waals surface area contributed by atoms with Crippen LogP contribution in [0.4, 0.5) is 0 Å². The van der Waals surface area contributed by atoms with Gasteiger partial charge in [-0.3, -0.25) is 0 Å². The fourth-order valence-corrected chi connectivity index (χ4v) is 8.03. The van der Waals surface area contributed by atoms with E-state index in [1.165, 1.54) is 10.9 Å². The third-order valence-corrected chi connectivity index (χ3v) is 10.7. The smallest absolute Gasteiger partial charge is 0.164 e. The normalized spacial score (nSPS) is 11.6. The van der Waals surface area contributed by atoms with E-state index in [-0.39, 0.29) is 0 Å². The van der Waals surface area contributed by atoms with Crippen molar-refractivity contribution in [3.05, 3.63) is 188 Å². The van der Waals surface area contributed by atoms with Gasteiger partial charge in [-0.25, -0.2) is 15.0 Å². The molecule has 11 aromatic rings. The third-order valence-electron chi connectivity index (χ3n) is 10.7. The van der Waals surface area contributed by atoms with Crippen molar-refractivity contribution >= 4 is 54.3 Å². The van der Waals surface area contributed by atoms with E-state index in [1.807, 2.05) is 30.3 Å². The summed E-state index contributed by atoms with van der Waals surface area (Å²) in [5, 5.41) is 8.94. The van der Waals surface area contributed by atoms with Crippen LogP contribution in [0.3, 0.4) is 0 Å². The fraction of sp³-hybridized carbons (Fsp3) is 0. The van der Waals surface area contributed by atoms with Gasteiger partial charge < -0.3 is 4.42 Å². The maximum absolute atomic E-state index is 6.61.